The van der Waals surface area contributed by atoms with Crippen LogP contribution in [0.2, 0.25) is 0 Å². The predicted molar refractivity (Wildman–Crippen MR) is 25.4 cm³/mol. The monoisotopic (exact) mass is 90.1 g/mol. The summed E-state index contributed by atoms with van der Waals surface area (Å²) in [5.74, 6) is 0.269. The molecule has 38 valence electrons. The molecule has 0 unspecified atom stereocenters. The first-order chi connectivity index (χ1) is 2.81. The largest absolute Gasteiger partial charge is 0.251 e. The van der Waals surface area contributed by atoms with E-state index in [0.717, 1.165) is 6.42 Å². The van der Waals surface area contributed by atoms with Crippen molar-refractivity contribution in [1.82, 2.24) is 0 Å². The lowest BCUT2D eigenvalue weighted by Crippen LogP contribution is -1.91. The fourth-order valence-electron chi connectivity index (χ4n) is 0.109. The van der Waals surface area contributed by atoms with E-state index in [9.17, 15) is 4.39 Å². The summed E-state index contributed by atoms with van der Waals surface area (Å²) in [5, 5.41) is 0. The van der Waals surface area contributed by atoms with Gasteiger partial charge in [0, 0.05) is 0 Å². The molecule has 0 saturated heterocycles. The molecular formula is C5H11F. The predicted octanol–water partition coefficient (Wildman–Crippen LogP) is 2.00. The first-order valence-electron chi connectivity index (χ1n) is 2.37. The van der Waals surface area contributed by atoms with Gasteiger partial charge in [-0.1, -0.05) is 20.3 Å². The highest BCUT2D eigenvalue weighted by Gasteiger charge is 1.92. The molecule has 0 radical (unpaired) electrons. The van der Waals surface area contributed by atoms with E-state index >= 15 is 0 Å². The molecule has 0 bridgehead atoms. The minimum atomic E-state index is -0.170. The summed E-state index contributed by atoms with van der Waals surface area (Å²) in [6.45, 7) is 3.72. The van der Waals surface area contributed by atoms with Gasteiger partial charge in [-0.05, 0) is 5.92 Å². The molecule has 0 heterocycles. The number of alkyl halides is 1. The summed E-state index contributed by atoms with van der Waals surface area (Å²) in [6, 6.07) is 0. The third-order valence-electron chi connectivity index (χ3n) is 0.960. The third kappa shape index (κ3) is 2.18. The fraction of sp³-hybridized carbons (Fsp3) is 1.00. The standard InChI is InChI=1S/C5H11F/c1-3-5(2)4-6/h5H,3-4H2,1-2H3/t5-/m1/s1. The van der Waals surface area contributed by atoms with Crippen molar-refractivity contribution in [2.45, 2.75) is 20.3 Å². The zero-order valence-electron chi connectivity index (χ0n) is 4.37. The van der Waals surface area contributed by atoms with E-state index in [-0.39, 0.29) is 12.6 Å². The van der Waals surface area contributed by atoms with Crippen molar-refractivity contribution in [3.8, 4) is 0 Å². The van der Waals surface area contributed by atoms with Crippen LogP contribution in [0.15, 0.2) is 0 Å². The van der Waals surface area contributed by atoms with Gasteiger partial charge in [0.25, 0.3) is 0 Å². The molecule has 0 saturated carbocycles. The lowest BCUT2D eigenvalue weighted by atomic mass is 10.1. The van der Waals surface area contributed by atoms with Crippen LogP contribution in [0.3, 0.4) is 0 Å². The molecule has 6 heavy (non-hydrogen) atoms. The molecule has 0 aliphatic rings. The molecule has 0 rings (SSSR count). The smallest absolute Gasteiger partial charge is 0.0919 e. The zero-order valence-corrected chi connectivity index (χ0v) is 4.37. The van der Waals surface area contributed by atoms with Gasteiger partial charge >= 0.3 is 0 Å². The Labute approximate surface area is 38.4 Å². The molecule has 0 spiro atoms. The van der Waals surface area contributed by atoms with Gasteiger partial charge in [-0.3, -0.25) is 4.39 Å². The lowest BCUT2D eigenvalue weighted by molar-refractivity contribution is 0.375. The van der Waals surface area contributed by atoms with Crippen molar-refractivity contribution < 1.29 is 4.39 Å². The molecule has 0 aromatic carbocycles. The van der Waals surface area contributed by atoms with Crippen LogP contribution in [-0.2, 0) is 0 Å². The van der Waals surface area contributed by atoms with Crippen molar-refractivity contribution in [2.75, 3.05) is 6.67 Å². The first kappa shape index (κ1) is 5.93. The Morgan fingerprint density at radius 3 is 2.17 bits per heavy atom. The number of hydrogen-bond donors (Lipinski definition) is 0. The van der Waals surface area contributed by atoms with Crippen molar-refractivity contribution in [1.29, 1.82) is 0 Å². The van der Waals surface area contributed by atoms with Crippen LogP contribution in [0, 0.1) is 5.92 Å². The highest BCUT2D eigenvalue weighted by Crippen LogP contribution is 1.98. The Morgan fingerprint density at radius 1 is 1.67 bits per heavy atom. The van der Waals surface area contributed by atoms with Crippen molar-refractivity contribution in [3.05, 3.63) is 0 Å². The van der Waals surface area contributed by atoms with E-state index in [1.54, 1.807) is 0 Å². The number of rotatable bonds is 2. The Balaban J connectivity index is 2.75. The van der Waals surface area contributed by atoms with Gasteiger partial charge in [0.2, 0.25) is 0 Å². The molecule has 0 aliphatic heterocycles. The minimum absolute atomic E-state index is 0.170. The molecule has 1 heteroatoms. The van der Waals surface area contributed by atoms with Crippen LogP contribution in [0.4, 0.5) is 4.39 Å². The van der Waals surface area contributed by atoms with E-state index in [2.05, 4.69) is 0 Å². The fourth-order valence-corrected chi connectivity index (χ4v) is 0.109. The van der Waals surface area contributed by atoms with Crippen LogP contribution >= 0.6 is 0 Å². The second-order valence-electron chi connectivity index (χ2n) is 1.67. The molecule has 0 N–H and O–H groups in total. The van der Waals surface area contributed by atoms with Gasteiger partial charge in [-0.2, -0.15) is 0 Å². The summed E-state index contributed by atoms with van der Waals surface area (Å²) in [6.07, 6.45) is 0.955. The van der Waals surface area contributed by atoms with Crippen LogP contribution in [0.5, 0.6) is 0 Å². The maximum atomic E-state index is 11.4. The van der Waals surface area contributed by atoms with Crippen LogP contribution < -0.4 is 0 Å². The normalized spacial score (nSPS) is 14.5. The van der Waals surface area contributed by atoms with E-state index in [1.807, 2.05) is 13.8 Å². The summed E-state index contributed by atoms with van der Waals surface area (Å²) in [7, 11) is 0. The molecule has 0 nitrogen and oxygen atoms in total. The first-order valence-corrected chi connectivity index (χ1v) is 2.37. The summed E-state index contributed by atoms with van der Waals surface area (Å²) in [5.41, 5.74) is 0. The van der Waals surface area contributed by atoms with Crippen LogP contribution in [0.25, 0.3) is 0 Å². The molecule has 0 amide bonds. The molecule has 0 aromatic heterocycles. The van der Waals surface area contributed by atoms with E-state index in [1.165, 1.54) is 0 Å². The average molecular weight is 90.1 g/mol. The maximum absolute atomic E-state index is 11.4. The van der Waals surface area contributed by atoms with Gasteiger partial charge in [-0.15, -0.1) is 0 Å². The van der Waals surface area contributed by atoms with Gasteiger partial charge in [0.15, 0.2) is 0 Å². The zero-order chi connectivity index (χ0) is 4.99. The number of halogens is 1. The minimum Gasteiger partial charge on any atom is -0.251 e. The van der Waals surface area contributed by atoms with Gasteiger partial charge in [0.05, 0.1) is 6.67 Å². The molecule has 0 fully saturated rings. The average Bonchev–Trinajstić information content (AvgIpc) is 1.65. The summed E-state index contributed by atoms with van der Waals surface area (Å²) >= 11 is 0. The molecular weight excluding hydrogens is 79.1 g/mol. The Morgan fingerprint density at radius 2 is 2.17 bits per heavy atom. The van der Waals surface area contributed by atoms with Gasteiger partial charge < -0.3 is 0 Å². The summed E-state index contributed by atoms with van der Waals surface area (Å²) < 4.78 is 11.4. The quantitative estimate of drug-likeness (QED) is 0.486. The van der Waals surface area contributed by atoms with Crippen LogP contribution in [0.1, 0.15) is 20.3 Å². The lowest BCUT2D eigenvalue weighted by Gasteiger charge is -1.95. The topological polar surface area (TPSA) is 0 Å². The maximum Gasteiger partial charge on any atom is 0.0919 e. The van der Waals surface area contributed by atoms with E-state index < -0.39 is 0 Å². The SMILES string of the molecule is CC[C@@H](C)CF. The highest BCUT2D eigenvalue weighted by molar-refractivity contribution is 4.42. The Bertz CT molecular complexity index is 23.1. The number of hydrogen-bond acceptors (Lipinski definition) is 0. The highest BCUT2D eigenvalue weighted by atomic mass is 19.1. The van der Waals surface area contributed by atoms with E-state index in [0.29, 0.717) is 0 Å². The van der Waals surface area contributed by atoms with Crippen molar-refractivity contribution >= 4 is 0 Å². The summed E-state index contributed by atoms with van der Waals surface area (Å²) in [4.78, 5) is 0. The van der Waals surface area contributed by atoms with Gasteiger partial charge in [-0.25, -0.2) is 0 Å². The van der Waals surface area contributed by atoms with Crippen LogP contribution in [-0.4, -0.2) is 6.67 Å². The third-order valence-corrected chi connectivity index (χ3v) is 0.960. The second kappa shape index (κ2) is 3.13. The van der Waals surface area contributed by atoms with E-state index in [4.69, 9.17) is 0 Å². The van der Waals surface area contributed by atoms with Gasteiger partial charge in [0.1, 0.15) is 0 Å². The second-order valence-corrected chi connectivity index (χ2v) is 1.67. The van der Waals surface area contributed by atoms with Crippen molar-refractivity contribution in [2.24, 2.45) is 5.92 Å². The molecule has 0 aliphatic carbocycles. The molecule has 1 atom stereocenters. The molecule has 0 aromatic rings. The Kier molecular flexibility index (Phi) is 3.10. The Hall–Kier alpha value is -0.0700. The van der Waals surface area contributed by atoms with Crippen molar-refractivity contribution in [3.63, 3.8) is 0 Å².